The number of carbonyl (C=O) groups excluding carboxylic acids is 2. The first-order valence-electron chi connectivity index (χ1n) is 8.14. The molecule has 27 heavy (non-hydrogen) atoms. The zero-order valence-corrected chi connectivity index (χ0v) is 14.9. The van der Waals surface area contributed by atoms with Gasteiger partial charge in [-0.1, -0.05) is 24.3 Å². The summed E-state index contributed by atoms with van der Waals surface area (Å²) in [6.07, 6.45) is 0.180. The van der Waals surface area contributed by atoms with Crippen LogP contribution in [0.5, 0.6) is 0 Å². The summed E-state index contributed by atoms with van der Waals surface area (Å²) in [5.41, 5.74) is -0.261. The number of benzene rings is 2. The first kappa shape index (κ1) is 19.9. The van der Waals surface area contributed by atoms with Crippen molar-refractivity contribution in [1.82, 2.24) is 0 Å². The van der Waals surface area contributed by atoms with Crippen LogP contribution >= 0.6 is 0 Å². The van der Waals surface area contributed by atoms with Gasteiger partial charge in [-0.05, 0) is 37.8 Å². The van der Waals surface area contributed by atoms with E-state index < -0.39 is 15.3 Å². The van der Waals surface area contributed by atoms with E-state index in [0.29, 0.717) is 11.1 Å². The van der Waals surface area contributed by atoms with E-state index in [-0.39, 0.29) is 35.8 Å². The largest absolute Gasteiger partial charge is 0.299 e. The summed E-state index contributed by atoms with van der Waals surface area (Å²) < 4.78 is 0. The molecule has 0 aromatic heterocycles. The zero-order valence-electron chi connectivity index (χ0n) is 14.9. The lowest BCUT2D eigenvalue weighted by Crippen LogP contribution is -2.41. The molecule has 0 bridgehead atoms. The van der Waals surface area contributed by atoms with E-state index in [9.17, 15) is 29.8 Å². The second-order valence-electron chi connectivity index (χ2n) is 6.40. The van der Waals surface area contributed by atoms with Crippen molar-refractivity contribution in [3.8, 4) is 0 Å². The van der Waals surface area contributed by atoms with Crippen LogP contribution in [-0.4, -0.2) is 21.4 Å². The zero-order chi connectivity index (χ0) is 20.2. The van der Waals surface area contributed by atoms with Gasteiger partial charge in [-0.25, -0.2) is 0 Å². The second kappa shape index (κ2) is 7.86. The molecule has 0 radical (unpaired) electrons. The Kier molecular flexibility index (Phi) is 5.79. The third kappa shape index (κ3) is 4.41. The van der Waals surface area contributed by atoms with Crippen LogP contribution in [0.2, 0.25) is 0 Å². The Bertz CT molecular complexity index is 812. The molecule has 8 heteroatoms. The van der Waals surface area contributed by atoms with Crippen molar-refractivity contribution in [1.29, 1.82) is 0 Å². The Morgan fingerprint density at radius 1 is 0.741 bits per heavy atom. The van der Waals surface area contributed by atoms with Crippen LogP contribution in [0.3, 0.4) is 0 Å². The summed E-state index contributed by atoms with van der Waals surface area (Å²) in [6.45, 7) is 2.66. The molecule has 2 aromatic rings. The lowest BCUT2D eigenvalue weighted by atomic mass is 9.71. The monoisotopic (exact) mass is 370 g/mol. The number of nitro benzene ring substituents is 2. The van der Waals surface area contributed by atoms with Gasteiger partial charge in [0.25, 0.3) is 11.4 Å². The second-order valence-corrected chi connectivity index (χ2v) is 6.40. The van der Waals surface area contributed by atoms with Crippen LogP contribution in [0.4, 0.5) is 11.4 Å². The van der Waals surface area contributed by atoms with Crippen molar-refractivity contribution >= 4 is 22.9 Å². The van der Waals surface area contributed by atoms with E-state index in [1.54, 1.807) is 0 Å². The minimum Gasteiger partial charge on any atom is -0.299 e. The lowest BCUT2D eigenvalue weighted by molar-refractivity contribution is -0.385. The molecule has 0 aliphatic rings. The standard InChI is InChI=1S/C19H18N2O6/c1-13(22)19(14(2)23,11-15-3-7-17(8-4-15)20(24)25)12-16-5-9-18(10-6-16)21(26)27/h3-10H,11-12H2,1-2H3. The topological polar surface area (TPSA) is 120 Å². The van der Waals surface area contributed by atoms with Crippen molar-refractivity contribution < 1.29 is 19.4 Å². The fourth-order valence-electron chi connectivity index (χ4n) is 2.98. The number of carbonyl (C=O) groups is 2. The third-order valence-corrected chi connectivity index (χ3v) is 4.65. The maximum absolute atomic E-state index is 12.4. The number of Topliss-reactive ketones (excluding diaryl/α,β-unsaturated/α-hetero) is 2. The van der Waals surface area contributed by atoms with E-state index in [2.05, 4.69) is 0 Å². The van der Waals surface area contributed by atoms with Gasteiger partial charge in [-0.3, -0.25) is 29.8 Å². The maximum atomic E-state index is 12.4. The van der Waals surface area contributed by atoms with E-state index in [1.807, 2.05) is 0 Å². The third-order valence-electron chi connectivity index (χ3n) is 4.65. The smallest absolute Gasteiger partial charge is 0.269 e. The molecular weight excluding hydrogens is 352 g/mol. The molecule has 8 nitrogen and oxygen atoms in total. The number of nitrogens with zero attached hydrogens (tertiary/aromatic N) is 2. The normalized spacial score (nSPS) is 11.0. The maximum Gasteiger partial charge on any atom is 0.269 e. The summed E-state index contributed by atoms with van der Waals surface area (Å²) in [5, 5.41) is 21.6. The Labute approximate surface area is 155 Å². The van der Waals surface area contributed by atoms with Crippen molar-refractivity contribution in [3.63, 3.8) is 0 Å². The highest BCUT2D eigenvalue weighted by molar-refractivity contribution is 6.05. The molecule has 0 saturated carbocycles. The van der Waals surface area contributed by atoms with Gasteiger partial charge in [0.1, 0.15) is 11.6 Å². The van der Waals surface area contributed by atoms with Gasteiger partial charge < -0.3 is 0 Å². The van der Waals surface area contributed by atoms with Crippen molar-refractivity contribution in [2.45, 2.75) is 26.7 Å². The lowest BCUT2D eigenvalue weighted by Gasteiger charge is -2.29. The minimum absolute atomic E-state index is 0.0784. The fraction of sp³-hybridized carbons (Fsp3) is 0.263. The Balaban J connectivity index is 2.37. The van der Waals surface area contributed by atoms with Crippen molar-refractivity contribution in [2.24, 2.45) is 5.41 Å². The predicted octanol–water partition coefficient (Wildman–Crippen LogP) is 3.45. The number of ketones is 2. The molecule has 140 valence electrons. The first-order chi connectivity index (χ1) is 12.7. The summed E-state index contributed by atoms with van der Waals surface area (Å²) in [5.74, 6) is -0.654. The Morgan fingerprint density at radius 2 is 1.04 bits per heavy atom. The molecule has 0 unspecified atom stereocenters. The molecule has 0 heterocycles. The van der Waals surface area contributed by atoms with Crippen LogP contribution in [0.15, 0.2) is 48.5 Å². The molecule has 0 aliphatic heterocycles. The molecular formula is C19H18N2O6. The van der Waals surface area contributed by atoms with E-state index in [4.69, 9.17) is 0 Å². The van der Waals surface area contributed by atoms with Crippen LogP contribution in [0.1, 0.15) is 25.0 Å². The van der Waals surface area contributed by atoms with Gasteiger partial charge in [0.05, 0.1) is 15.3 Å². The predicted molar refractivity (Wildman–Crippen MR) is 97.4 cm³/mol. The van der Waals surface area contributed by atoms with Gasteiger partial charge in [0.15, 0.2) is 0 Å². The molecule has 0 atom stereocenters. The summed E-state index contributed by atoms with van der Waals surface area (Å²) in [7, 11) is 0. The number of rotatable bonds is 8. The minimum atomic E-state index is -1.34. The molecule has 0 spiro atoms. The van der Waals surface area contributed by atoms with Gasteiger partial charge >= 0.3 is 0 Å². The van der Waals surface area contributed by atoms with Crippen molar-refractivity contribution in [3.05, 3.63) is 79.9 Å². The fourth-order valence-corrected chi connectivity index (χ4v) is 2.98. The van der Waals surface area contributed by atoms with Crippen molar-refractivity contribution in [2.75, 3.05) is 0 Å². The van der Waals surface area contributed by atoms with E-state index in [0.717, 1.165) is 0 Å². The van der Waals surface area contributed by atoms with Crippen LogP contribution < -0.4 is 0 Å². The molecule has 0 aliphatic carbocycles. The van der Waals surface area contributed by atoms with Gasteiger partial charge in [0, 0.05) is 24.3 Å². The van der Waals surface area contributed by atoms with Crippen LogP contribution in [0, 0.1) is 25.6 Å². The Hall–Kier alpha value is -3.42. The van der Waals surface area contributed by atoms with Gasteiger partial charge in [-0.2, -0.15) is 0 Å². The van der Waals surface area contributed by atoms with Gasteiger partial charge in [-0.15, -0.1) is 0 Å². The number of hydrogen-bond acceptors (Lipinski definition) is 6. The highest BCUT2D eigenvalue weighted by atomic mass is 16.6. The summed E-state index contributed by atoms with van der Waals surface area (Å²) >= 11 is 0. The summed E-state index contributed by atoms with van der Waals surface area (Å²) in [6, 6.07) is 11.4. The average molecular weight is 370 g/mol. The molecule has 0 N–H and O–H groups in total. The average Bonchev–Trinajstić information content (AvgIpc) is 2.61. The SMILES string of the molecule is CC(=O)C(Cc1ccc([N+](=O)[O-])cc1)(Cc1ccc([N+](=O)[O-])cc1)C(C)=O. The molecule has 0 saturated heterocycles. The Morgan fingerprint density at radius 3 is 1.26 bits per heavy atom. The number of hydrogen-bond donors (Lipinski definition) is 0. The molecule has 0 amide bonds. The molecule has 2 aromatic carbocycles. The number of non-ortho nitro benzene ring substituents is 2. The first-order valence-corrected chi connectivity index (χ1v) is 8.14. The number of nitro groups is 2. The van der Waals surface area contributed by atoms with Gasteiger partial charge in [0.2, 0.25) is 0 Å². The highest BCUT2D eigenvalue weighted by Gasteiger charge is 2.40. The molecule has 0 fully saturated rings. The quantitative estimate of drug-likeness (QED) is 0.399. The van der Waals surface area contributed by atoms with Crippen LogP contribution in [0.25, 0.3) is 0 Å². The van der Waals surface area contributed by atoms with E-state index >= 15 is 0 Å². The highest BCUT2D eigenvalue weighted by Crippen LogP contribution is 2.32. The van der Waals surface area contributed by atoms with Crippen LogP contribution in [-0.2, 0) is 22.4 Å². The van der Waals surface area contributed by atoms with E-state index in [1.165, 1.54) is 62.4 Å². The molecule has 2 rings (SSSR count). The summed E-state index contributed by atoms with van der Waals surface area (Å²) in [4.78, 5) is 45.4.